The highest BCUT2D eigenvalue weighted by Crippen LogP contribution is 2.23. The Labute approximate surface area is 115 Å². The van der Waals surface area contributed by atoms with E-state index in [1.54, 1.807) is 0 Å². The monoisotopic (exact) mass is 309 g/mol. The highest BCUT2D eigenvalue weighted by Gasteiger charge is 2.32. The molecule has 96 valence electrons. The minimum Gasteiger partial charge on any atom is -0.353 e. The Balaban J connectivity index is 1.74. The fraction of sp³-hybridized carbons (Fsp3) is 0.462. The van der Waals surface area contributed by atoms with Crippen molar-refractivity contribution in [2.75, 3.05) is 26.2 Å². The normalized spacial score (nSPS) is 28.6. The van der Waals surface area contributed by atoms with E-state index in [0.29, 0.717) is 18.6 Å². The van der Waals surface area contributed by atoms with Crippen LogP contribution in [0.25, 0.3) is 0 Å². The van der Waals surface area contributed by atoms with Gasteiger partial charge in [0, 0.05) is 36.2 Å². The number of fused-ring (bicyclic) bond motifs is 1. The lowest BCUT2D eigenvalue weighted by atomic mass is 10.0. The van der Waals surface area contributed by atoms with Gasteiger partial charge in [0.15, 0.2) is 0 Å². The third-order valence-corrected chi connectivity index (χ3v) is 4.16. The number of nitrogens with one attached hydrogen (secondary N) is 2. The maximum Gasteiger partial charge on any atom is 0.234 e. The molecule has 2 fully saturated rings. The number of hydrogen-bond acceptors (Lipinski definition) is 3. The van der Waals surface area contributed by atoms with Crippen LogP contribution < -0.4 is 10.6 Å². The zero-order valence-corrected chi connectivity index (χ0v) is 11.6. The van der Waals surface area contributed by atoms with Crippen LogP contribution in [-0.2, 0) is 4.79 Å². The molecule has 5 heteroatoms. The molecule has 3 rings (SSSR count). The van der Waals surface area contributed by atoms with Gasteiger partial charge in [0.25, 0.3) is 0 Å². The van der Waals surface area contributed by atoms with E-state index < -0.39 is 0 Å². The number of amides is 1. The molecule has 0 bridgehead atoms. The Morgan fingerprint density at radius 3 is 3.06 bits per heavy atom. The Hall–Kier alpha value is -0.910. The maximum atomic E-state index is 11.4. The molecule has 2 saturated heterocycles. The fourth-order valence-electron chi connectivity index (χ4n) is 2.67. The lowest BCUT2D eigenvalue weighted by Gasteiger charge is -2.42. The predicted octanol–water partition coefficient (Wildman–Crippen LogP) is 0.894. The summed E-state index contributed by atoms with van der Waals surface area (Å²) in [6.45, 7) is 3.11. The smallest absolute Gasteiger partial charge is 0.234 e. The molecule has 4 nitrogen and oxygen atoms in total. The number of carbonyl (C=O) groups is 1. The number of rotatable bonds is 1. The Morgan fingerprint density at radius 2 is 2.22 bits per heavy atom. The largest absolute Gasteiger partial charge is 0.353 e. The molecule has 0 aromatic heterocycles. The number of carbonyl (C=O) groups excluding carboxylic acids is 1. The van der Waals surface area contributed by atoms with Gasteiger partial charge in [-0.1, -0.05) is 28.1 Å². The third-order valence-electron chi connectivity index (χ3n) is 3.67. The van der Waals surface area contributed by atoms with Crippen molar-refractivity contribution in [3.8, 4) is 0 Å². The second kappa shape index (κ2) is 4.99. The van der Waals surface area contributed by atoms with Crippen LogP contribution in [0.4, 0.5) is 0 Å². The molecule has 18 heavy (non-hydrogen) atoms. The average molecular weight is 310 g/mol. The molecule has 2 unspecified atom stereocenters. The van der Waals surface area contributed by atoms with Crippen LogP contribution in [0.15, 0.2) is 28.7 Å². The summed E-state index contributed by atoms with van der Waals surface area (Å²) in [6.07, 6.45) is 0. The highest BCUT2D eigenvalue weighted by molar-refractivity contribution is 9.10. The molecular weight excluding hydrogens is 294 g/mol. The highest BCUT2D eigenvalue weighted by atomic mass is 79.9. The van der Waals surface area contributed by atoms with E-state index in [1.165, 1.54) is 5.56 Å². The van der Waals surface area contributed by atoms with Crippen LogP contribution in [0.1, 0.15) is 11.6 Å². The van der Waals surface area contributed by atoms with Gasteiger partial charge in [-0.25, -0.2) is 0 Å². The first-order chi connectivity index (χ1) is 8.72. The summed E-state index contributed by atoms with van der Waals surface area (Å²) in [5.41, 5.74) is 1.27. The number of halogens is 1. The van der Waals surface area contributed by atoms with Gasteiger partial charge in [-0.3, -0.25) is 9.69 Å². The van der Waals surface area contributed by atoms with E-state index >= 15 is 0 Å². The lowest BCUT2D eigenvalue weighted by Crippen LogP contribution is -2.62. The summed E-state index contributed by atoms with van der Waals surface area (Å²) in [5.74, 6) is 0.140. The second-order valence-corrected chi connectivity index (χ2v) is 5.82. The van der Waals surface area contributed by atoms with Gasteiger partial charge < -0.3 is 10.6 Å². The molecule has 0 saturated carbocycles. The Kier molecular flexibility index (Phi) is 3.37. The molecule has 0 aliphatic carbocycles. The summed E-state index contributed by atoms with van der Waals surface area (Å²) in [7, 11) is 0. The first-order valence-electron chi connectivity index (χ1n) is 6.22. The van der Waals surface area contributed by atoms with E-state index in [0.717, 1.165) is 24.1 Å². The zero-order valence-electron chi connectivity index (χ0n) is 10.0. The van der Waals surface area contributed by atoms with Crippen LogP contribution >= 0.6 is 15.9 Å². The van der Waals surface area contributed by atoms with E-state index in [4.69, 9.17) is 0 Å². The van der Waals surface area contributed by atoms with Gasteiger partial charge in [0.2, 0.25) is 5.91 Å². The van der Waals surface area contributed by atoms with Crippen molar-refractivity contribution in [2.24, 2.45) is 0 Å². The van der Waals surface area contributed by atoms with Crippen LogP contribution in [0.5, 0.6) is 0 Å². The molecule has 1 aromatic rings. The average Bonchev–Trinajstić information content (AvgIpc) is 2.38. The van der Waals surface area contributed by atoms with E-state index in [1.807, 2.05) is 6.07 Å². The van der Waals surface area contributed by atoms with Crippen molar-refractivity contribution in [1.29, 1.82) is 0 Å². The summed E-state index contributed by atoms with van der Waals surface area (Å²) < 4.78 is 1.10. The van der Waals surface area contributed by atoms with Crippen LogP contribution in [0, 0.1) is 0 Å². The molecule has 2 aliphatic rings. The van der Waals surface area contributed by atoms with Crippen molar-refractivity contribution in [1.82, 2.24) is 15.5 Å². The standard InChI is InChI=1S/C13H16BrN3O/c14-10-3-1-2-9(4-10)12-7-17-8-13(18)16-6-11(17)5-15-12/h1-4,11-12,15H,5-8H2,(H,16,18). The summed E-state index contributed by atoms with van der Waals surface area (Å²) >= 11 is 3.50. The van der Waals surface area contributed by atoms with Crippen molar-refractivity contribution in [2.45, 2.75) is 12.1 Å². The minimum absolute atomic E-state index is 0.140. The molecule has 2 heterocycles. The Morgan fingerprint density at radius 1 is 1.33 bits per heavy atom. The van der Waals surface area contributed by atoms with E-state index in [-0.39, 0.29) is 5.91 Å². The number of benzene rings is 1. The lowest BCUT2D eigenvalue weighted by molar-refractivity contribution is -0.126. The topological polar surface area (TPSA) is 44.4 Å². The quantitative estimate of drug-likeness (QED) is 0.810. The van der Waals surface area contributed by atoms with E-state index in [9.17, 15) is 4.79 Å². The molecule has 2 atom stereocenters. The molecule has 2 N–H and O–H groups in total. The number of piperazine rings is 2. The SMILES string of the molecule is O=C1CN2CC(c3cccc(Br)c3)NCC2CN1. The van der Waals surface area contributed by atoms with Crippen LogP contribution in [0.2, 0.25) is 0 Å². The summed E-state index contributed by atoms with van der Waals surface area (Å²) in [5, 5.41) is 6.48. The maximum absolute atomic E-state index is 11.4. The molecule has 1 aromatic carbocycles. The number of nitrogens with zero attached hydrogens (tertiary/aromatic N) is 1. The zero-order chi connectivity index (χ0) is 12.5. The van der Waals surface area contributed by atoms with Gasteiger partial charge in [-0.05, 0) is 17.7 Å². The van der Waals surface area contributed by atoms with Gasteiger partial charge >= 0.3 is 0 Å². The molecule has 0 spiro atoms. The summed E-state index contributed by atoms with van der Waals surface area (Å²) in [4.78, 5) is 13.7. The van der Waals surface area contributed by atoms with Crippen molar-refractivity contribution in [3.05, 3.63) is 34.3 Å². The summed E-state index contributed by atoms with van der Waals surface area (Å²) in [6, 6.07) is 9.10. The van der Waals surface area contributed by atoms with Crippen molar-refractivity contribution in [3.63, 3.8) is 0 Å². The van der Waals surface area contributed by atoms with E-state index in [2.05, 4.69) is 49.7 Å². The third kappa shape index (κ3) is 2.43. The Bertz CT molecular complexity index is 465. The van der Waals surface area contributed by atoms with Gasteiger partial charge in [-0.2, -0.15) is 0 Å². The molecular formula is C13H16BrN3O. The van der Waals surface area contributed by atoms with Gasteiger partial charge in [0.05, 0.1) is 6.54 Å². The fourth-order valence-corrected chi connectivity index (χ4v) is 3.09. The van der Waals surface area contributed by atoms with Crippen molar-refractivity contribution < 1.29 is 4.79 Å². The first-order valence-corrected chi connectivity index (χ1v) is 7.01. The molecule has 0 radical (unpaired) electrons. The molecule has 1 amide bonds. The van der Waals surface area contributed by atoms with Gasteiger partial charge in [0.1, 0.15) is 0 Å². The van der Waals surface area contributed by atoms with Crippen LogP contribution in [-0.4, -0.2) is 43.0 Å². The first kappa shape index (κ1) is 12.1. The predicted molar refractivity (Wildman–Crippen MR) is 73.3 cm³/mol. The van der Waals surface area contributed by atoms with Gasteiger partial charge in [-0.15, -0.1) is 0 Å². The molecule has 2 aliphatic heterocycles. The second-order valence-electron chi connectivity index (χ2n) is 4.90. The minimum atomic E-state index is 0.140. The van der Waals surface area contributed by atoms with Crippen molar-refractivity contribution >= 4 is 21.8 Å². The number of hydrogen-bond donors (Lipinski definition) is 2. The van der Waals surface area contributed by atoms with Crippen LogP contribution in [0.3, 0.4) is 0 Å².